The zero-order valence-corrected chi connectivity index (χ0v) is 9.59. The predicted molar refractivity (Wildman–Crippen MR) is 68.3 cm³/mol. The van der Waals surface area contributed by atoms with E-state index in [2.05, 4.69) is 10.1 Å². The number of benzene rings is 1. The van der Waals surface area contributed by atoms with Crippen molar-refractivity contribution in [2.24, 2.45) is 0 Å². The molecule has 2 aromatic heterocycles. The molecule has 0 amide bonds. The molecule has 0 fully saturated rings. The molecule has 3 aromatic rings. The molecule has 0 aliphatic heterocycles. The average molecular weight is 245 g/mol. The van der Waals surface area contributed by atoms with Crippen molar-refractivity contribution < 1.29 is 0 Å². The van der Waals surface area contributed by atoms with Crippen molar-refractivity contribution in [1.82, 2.24) is 14.8 Å². The van der Waals surface area contributed by atoms with Gasteiger partial charge in [0.15, 0.2) is 0 Å². The Morgan fingerprint density at radius 2 is 2.06 bits per heavy atom. The molecule has 5 heteroatoms. The van der Waals surface area contributed by atoms with Crippen LogP contribution in [0.2, 0.25) is 5.15 Å². The molecule has 4 nitrogen and oxygen atoms in total. The molecule has 3 rings (SSSR count). The Balaban J connectivity index is 2.24. The highest BCUT2D eigenvalue weighted by Gasteiger charge is 2.05. The second-order valence-electron chi connectivity index (χ2n) is 3.71. The zero-order valence-electron chi connectivity index (χ0n) is 8.84. The Hall–Kier alpha value is -2.07. The van der Waals surface area contributed by atoms with Crippen LogP contribution in [0, 0.1) is 0 Å². The van der Waals surface area contributed by atoms with Crippen LogP contribution in [0.5, 0.6) is 0 Å². The van der Waals surface area contributed by atoms with Crippen LogP contribution in [0.3, 0.4) is 0 Å². The lowest BCUT2D eigenvalue weighted by atomic mass is 10.2. The second-order valence-corrected chi connectivity index (χ2v) is 4.10. The Morgan fingerprint density at radius 1 is 1.18 bits per heavy atom. The number of aromatic nitrogens is 3. The van der Waals surface area contributed by atoms with Gasteiger partial charge in [0.25, 0.3) is 0 Å². The summed E-state index contributed by atoms with van der Waals surface area (Å²) in [7, 11) is 0. The van der Waals surface area contributed by atoms with Crippen LogP contribution in [0.15, 0.2) is 42.7 Å². The van der Waals surface area contributed by atoms with Gasteiger partial charge in [-0.25, -0.2) is 9.67 Å². The quantitative estimate of drug-likeness (QED) is 0.529. The number of hydrogen-bond donors (Lipinski definition) is 1. The summed E-state index contributed by atoms with van der Waals surface area (Å²) in [5.74, 6) is 0. The molecule has 0 saturated heterocycles. The fraction of sp³-hybridized carbons (Fsp3) is 0. The van der Waals surface area contributed by atoms with Crippen LogP contribution in [0.1, 0.15) is 0 Å². The molecule has 0 radical (unpaired) electrons. The first-order valence-corrected chi connectivity index (χ1v) is 5.47. The lowest BCUT2D eigenvalue weighted by Gasteiger charge is -2.03. The number of pyridine rings is 1. The molecule has 0 spiro atoms. The third-order valence-corrected chi connectivity index (χ3v) is 2.75. The number of nitrogens with two attached hydrogens (primary N) is 1. The van der Waals surface area contributed by atoms with Gasteiger partial charge in [0.1, 0.15) is 5.15 Å². The summed E-state index contributed by atoms with van der Waals surface area (Å²) in [4.78, 5) is 3.95. The molecule has 0 bridgehead atoms. The smallest absolute Gasteiger partial charge is 0.131 e. The highest BCUT2D eigenvalue weighted by Crippen LogP contribution is 2.21. The van der Waals surface area contributed by atoms with Crippen molar-refractivity contribution >= 4 is 28.2 Å². The van der Waals surface area contributed by atoms with Gasteiger partial charge in [-0.2, -0.15) is 5.10 Å². The first-order chi connectivity index (χ1) is 8.24. The van der Waals surface area contributed by atoms with Crippen molar-refractivity contribution in [3.8, 4) is 5.69 Å². The average Bonchev–Trinajstić information content (AvgIpc) is 2.71. The number of nitrogen functional groups attached to an aromatic ring is 1. The van der Waals surface area contributed by atoms with Crippen molar-refractivity contribution in [3.05, 3.63) is 47.9 Å². The van der Waals surface area contributed by atoms with E-state index < -0.39 is 0 Å². The van der Waals surface area contributed by atoms with Gasteiger partial charge in [-0.1, -0.05) is 11.6 Å². The van der Waals surface area contributed by atoms with E-state index in [1.807, 2.05) is 28.9 Å². The predicted octanol–water partition coefficient (Wildman–Crippen LogP) is 2.66. The van der Waals surface area contributed by atoms with Crippen molar-refractivity contribution in [1.29, 1.82) is 0 Å². The number of halogens is 1. The Bertz CT molecular complexity index is 690. The summed E-state index contributed by atoms with van der Waals surface area (Å²) in [6, 6.07) is 9.30. The summed E-state index contributed by atoms with van der Waals surface area (Å²) in [6.45, 7) is 0. The van der Waals surface area contributed by atoms with Gasteiger partial charge in [-0.05, 0) is 24.3 Å². The second kappa shape index (κ2) is 3.75. The summed E-state index contributed by atoms with van der Waals surface area (Å²) in [5, 5.41) is 5.77. The Labute approximate surface area is 103 Å². The van der Waals surface area contributed by atoms with E-state index in [-0.39, 0.29) is 0 Å². The molecule has 2 heterocycles. The molecule has 2 N–H and O–H groups in total. The van der Waals surface area contributed by atoms with Gasteiger partial charge in [-0.15, -0.1) is 0 Å². The van der Waals surface area contributed by atoms with Crippen LogP contribution >= 0.6 is 11.6 Å². The van der Waals surface area contributed by atoms with E-state index in [0.29, 0.717) is 5.15 Å². The third kappa shape index (κ3) is 1.72. The highest BCUT2D eigenvalue weighted by molar-refractivity contribution is 6.29. The number of anilines is 1. The summed E-state index contributed by atoms with van der Waals surface area (Å²) >= 11 is 5.87. The van der Waals surface area contributed by atoms with E-state index in [0.717, 1.165) is 22.3 Å². The Morgan fingerprint density at radius 3 is 2.88 bits per heavy atom. The fourth-order valence-corrected chi connectivity index (χ4v) is 1.95. The molecule has 1 aromatic carbocycles. The van der Waals surface area contributed by atoms with E-state index in [4.69, 9.17) is 17.3 Å². The maximum atomic E-state index is 5.87. The summed E-state index contributed by atoms with van der Waals surface area (Å²) in [5.41, 5.74) is 8.32. The fourth-order valence-electron chi connectivity index (χ4n) is 1.78. The first-order valence-electron chi connectivity index (χ1n) is 5.09. The molecule has 0 unspecified atom stereocenters. The summed E-state index contributed by atoms with van der Waals surface area (Å²) < 4.78 is 1.81. The van der Waals surface area contributed by atoms with Crippen molar-refractivity contribution in [2.45, 2.75) is 0 Å². The van der Waals surface area contributed by atoms with Crippen LogP contribution in [0.4, 0.5) is 5.69 Å². The molecule has 0 aliphatic carbocycles. The largest absolute Gasteiger partial charge is 0.399 e. The van der Waals surface area contributed by atoms with E-state index in [1.165, 1.54) is 0 Å². The molecular formula is C12H9ClN4. The SMILES string of the molecule is Nc1ccc2c(cnn2-c2ccnc(Cl)c2)c1. The van der Waals surface area contributed by atoms with Crippen molar-refractivity contribution in [3.63, 3.8) is 0 Å². The molecular weight excluding hydrogens is 236 g/mol. The van der Waals surface area contributed by atoms with Crippen LogP contribution in [0.25, 0.3) is 16.6 Å². The molecule has 0 aliphatic rings. The maximum absolute atomic E-state index is 5.87. The Kier molecular flexibility index (Phi) is 2.23. The van der Waals surface area contributed by atoms with Crippen LogP contribution < -0.4 is 5.73 Å². The van der Waals surface area contributed by atoms with Gasteiger partial charge >= 0.3 is 0 Å². The van der Waals surface area contributed by atoms with Crippen LogP contribution in [-0.4, -0.2) is 14.8 Å². The van der Waals surface area contributed by atoms with E-state index in [1.54, 1.807) is 18.5 Å². The van der Waals surface area contributed by atoms with Gasteiger partial charge in [0.2, 0.25) is 0 Å². The molecule has 0 saturated carbocycles. The first kappa shape index (κ1) is 10.1. The van der Waals surface area contributed by atoms with E-state index in [9.17, 15) is 0 Å². The number of fused-ring (bicyclic) bond motifs is 1. The van der Waals surface area contributed by atoms with Crippen molar-refractivity contribution in [2.75, 3.05) is 5.73 Å². The normalized spacial score (nSPS) is 10.9. The number of nitrogens with zero attached hydrogens (tertiary/aromatic N) is 3. The van der Waals surface area contributed by atoms with Crippen LogP contribution in [-0.2, 0) is 0 Å². The summed E-state index contributed by atoms with van der Waals surface area (Å²) in [6.07, 6.45) is 3.43. The van der Waals surface area contributed by atoms with Gasteiger partial charge in [0, 0.05) is 23.3 Å². The third-order valence-electron chi connectivity index (χ3n) is 2.55. The molecule has 0 atom stereocenters. The number of rotatable bonds is 1. The van der Waals surface area contributed by atoms with Gasteiger partial charge in [-0.3, -0.25) is 0 Å². The zero-order chi connectivity index (χ0) is 11.8. The minimum absolute atomic E-state index is 0.446. The van der Waals surface area contributed by atoms with E-state index >= 15 is 0 Å². The highest BCUT2D eigenvalue weighted by atomic mass is 35.5. The van der Waals surface area contributed by atoms with Gasteiger partial charge in [0.05, 0.1) is 17.4 Å². The van der Waals surface area contributed by atoms with Gasteiger partial charge < -0.3 is 5.73 Å². The standard InChI is InChI=1S/C12H9ClN4/c13-12-6-10(3-4-15-12)17-11-2-1-9(14)5-8(11)7-16-17/h1-7H,14H2. The topological polar surface area (TPSA) is 56.7 Å². The monoisotopic (exact) mass is 244 g/mol. The number of hydrogen-bond acceptors (Lipinski definition) is 3. The minimum atomic E-state index is 0.446. The lowest BCUT2D eigenvalue weighted by molar-refractivity contribution is 0.907. The maximum Gasteiger partial charge on any atom is 0.131 e. The minimum Gasteiger partial charge on any atom is -0.399 e. The lowest BCUT2D eigenvalue weighted by Crippen LogP contribution is -1.96. The molecule has 84 valence electrons. The molecule has 17 heavy (non-hydrogen) atoms.